The largest absolute Gasteiger partial charge is 0.478 e. The van der Waals surface area contributed by atoms with E-state index < -0.39 is 5.97 Å². The maximum Gasteiger partial charge on any atom is 0.335 e. The molecule has 1 saturated heterocycles. The van der Waals surface area contributed by atoms with Crippen molar-refractivity contribution in [1.29, 1.82) is 0 Å². The molecular weight excluding hydrogens is 316 g/mol. The lowest BCUT2D eigenvalue weighted by atomic mass is 10.1. The van der Waals surface area contributed by atoms with E-state index in [4.69, 9.17) is 5.11 Å². The van der Waals surface area contributed by atoms with E-state index in [1.54, 1.807) is 0 Å². The van der Waals surface area contributed by atoms with Crippen LogP contribution in [0.1, 0.15) is 39.1 Å². The second-order valence-corrected chi connectivity index (χ2v) is 6.34. The molecule has 1 heterocycles. The van der Waals surface area contributed by atoms with Crippen molar-refractivity contribution >= 4 is 17.6 Å². The Morgan fingerprint density at radius 2 is 1.68 bits per heavy atom. The number of aromatic carboxylic acids is 1. The summed E-state index contributed by atoms with van der Waals surface area (Å²) in [5.41, 5.74) is 2.56. The number of carbonyl (C=O) groups is 2. The molecule has 0 spiro atoms. The minimum absolute atomic E-state index is 0.167. The summed E-state index contributed by atoms with van der Waals surface area (Å²) in [7, 11) is 0. The fraction of sp³-hybridized carbons (Fsp3) is 0.300. The summed E-state index contributed by atoms with van der Waals surface area (Å²) in [5, 5.41) is 11.8. The molecule has 1 amide bonds. The molecule has 0 aromatic heterocycles. The minimum Gasteiger partial charge on any atom is -0.478 e. The molecule has 1 aliphatic rings. The number of carboxylic acids is 1. The van der Waals surface area contributed by atoms with Crippen LogP contribution in [0.15, 0.2) is 48.5 Å². The van der Waals surface area contributed by atoms with Gasteiger partial charge in [0, 0.05) is 17.8 Å². The molecule has 0 unspecified atom stereocenters. The van der Waals surface area contributed by atoms with Gasteiger partial charge < -0.3 is 15.3 Å². The van der Waals surface area contributed by atoms with Crippen LogP contribution in [0.4, 0.5) is 5.69 Å². The first-order chi connectivity index (χ1) is 12.1. The van der Waals surface area contributed by atoms with Gasteiger partial charge in [-0.2, -0.15) is 0 Å². The molecule has 0 saturated carbocycles. The van der Waals surface area contributed by atoms with Gasteiger partial charge in [0.2, 0.25) is 0 Å². The zero-order valence-electron chi connectivity index (χ0n) is 14.1. The van der Waals surface area contributed by atoms with Gasteiger partial charge in [-0.15, -0.1) is 0 Å². The van der Waals surface area contributed by atoms with Crippen molar-refractivity contribution < 1.29 is 14.7 Å². The van der Waals surface area contributed by atoms with E-state index in [9.17, 15) is 9.59 Å². The summed E-state index contributed by atoms with van der Waals surface area (Å²) in [6.45, 7) is 3.42. The van der Waals surface area contributed by atoms with E-state index >= 15 is 0 Å². The molecule has 130 valence electrons. The molecule has 5 heteroatoms. The summed E-state index contributed by atoms with van der Waals surface area (Å²) in [5.74, 6) is -1.24. The standard InChI is InChI=1S/C20H22N2O3/c23-19(16-6-8-17(9-7-16)20(24)25)21-18-5-3-4-15(14-18)10-13-22-11-1-2-12-22/h3-9,14H,1-2,10-13H2,(H,21,23)(H,24,25). The Morgan fingerprint density at radius 1 is 1.00 bits per heavy atom. The maximum atomic E-state index is 12.3. The van der Waals surface area contributed by atoms with Gasteiger partial charge in [-0.05, 0) is 74.3 Å². The van der Waals surface area contributed by atoms with Crippen molar-refractivity contribution in [3.8, 4) is 0 Å². The normalized spacial score (nSPS) is 14.4. The SMILES string of the molecule is O=C(O)c1ccc(C(=O)Nc2cccc(CCN3CCCC3)c2)cc1. The highest BCUT2D eigenvalue weighted by molar-refractivity contribution is 6.04. The predicted molar refractivity (Wildman–Crippen MR) is 97.2 cm³/mol. The highest BCUT2D eigenvalue weighted by Gasteiger charge is 2.12. The van der Waals surface area contributed by atoms with Gasteiger partial charge >= 0.3 is 5.97 Å². The molecular formula is C20H22N2O3. The summed E-state index contributed by atoms with van der Waals surface area (Å²) in [6, 6.07) is 13.8. The fourth-order valence-corrected chi connectivity index (χ4v) is 3.07. The molecule has 5 nitrogen and oxygen atoms in total. The molecule has 2 aromatic rings. The van der Waals surface area contributed by atoms with Crippen LogP contribution in [0.3, 0.4) is 0 Å². The van der Waals surface area contributed by atoms with Crippen molar-refractivity contribution in [2.24, 2.45) is 0 Å². The van der Waals surface area contributed by atoms with Crippen LogP contribution in [0.5, 0.6) is 0 Å². The number of nitrogens with zero attached hydrogens (tertiary/aromatic N) is 1. The van der Waals surface area contributed by atoms with E-state index in [1.807, 2.05) is 18.2 Å². The zero-order valence-corrected chi connectivity index (χ0v) is 14.1. The molecule has 0 bridgehead atoms. The lowest BCUT2D eigenvalue weighted by Gasteiger charge is -2.14. The monoisotopic (exact) mass is 338 g/mol. The van der Waals surface area contributed by atoms with Gasteiger partial charge in [-0.1, -0.05) is 12.1 Å². The van der Waals surface area contributed by atoms with E-state index in [0.717, 1.165) is 18.7 Å². The maximum absolute atomic E-state index is 12.3. The van der Waals surface area contributed by atoms with Gasteiger partial charge in [0.25, 0.3) is 5.91 Å². The summed E-state index contributed by atoms with van der Waals surface area (Å²) in [4.78, 5) is 25.6. The van der Waals surface area contributed by atoms with Crippen LogP contribution in [0.2, 0.25) is 0 Å². The molecule has 25 heavy (non-hydrogen) atoms. The molecule has 3 rings (SSSR count). The van der Waals surface area contributed by atoms with E-state index in [-0.39, 0.29) is 11.5 Å². The van der Waals surface area contributed by atoms with Gasteiger partial charge in [0.05, 0.1) is 5.56 Å². The number of carboxylic acid groups (broad SMARTS) is 1. The number of hydrogen-bond donors (Lipinski definition) is 2. The lowest BCUT2D eigenvalue weighted by molar-refractivity contribution is 0.0696. The number of benzene rings is 2. The Labute approximate surface area is 147 Å². The summed E-state index contributed by atoms with van der Waals surface area (Å²) < 4.78 is 0. The highest BCUT2D eigenvalue weighted by atomic mass is 16.4. The highest BCUT2D eigenvalue weighted by Crippen LogP contribution is 2.15. The first kappa shape index (κ1) is 17.2. The third kappa shape index (κ3) is 4.67. The molecule has 1 fully saturated rings. The zero-order chi connectivity index (χ0) is 17.6. The first-order valence-corrected chi connectivity index (χ1v) is 8.58. The number of amides is 1. The molecule has 1 aliphatic heterocycles. The fourth-order valence-electron chi connectivity index (χ4n) is 3.07. The van der Waals surface area contributed by atoms with Gasteiger partial charge in [-0.25, -0.2) is 4.79 Å². The lowest BCUT2D eigenvalue weighted by Crippen LogP contribution is -2.22. The Bertz CT molecular complexity index is 750. The van der Waals surface area contributed by atoms with E-state index in [2.05, 4.69) is 16.3 Å². The third-order valence-corrected chi connectivity index (χ3v) is 4.49. The van der Waals surface area contributed by atoms with Gasteiger partial charge in [0.15, 0.2) is 0 Å². The van der Waals surface area contributed by atoms with Crippen LogP contribution in [0.25, 0.3) is 0 Å². The molecule has 0 aliphatic carbocycles. The number of anilines is 1. The quantitative estimate of drug-likeness (QED) is 0.848. The van der Waals surface area contributed by atoms with Crippen LogP contribution < -0.4 is 5.32 Å². The Kier molecular flexibility index (Phi) is 5.46. The second-order valence-electron chi connectivity index (χ2n) is 6.34. The van der Waals surface area contributed by atoms with Gasteiger partial charge in [0.1, 0.15) is 0 Å². The average Bonchev–Trinajstić information content (AvgIpc) is 3.14. The predicted octanol–water partition coefficient (Wildman–Crippen LogP) is 3.28. The average molecular weight is 338 g/mol. The van der Waals surface area contributed by atoms with Crippen molar-refractivity contribution in [3.63, 3.8) is 0 Å². The Hall–Kier alpha value is -2.66. The Morgan fingerprint density at radius 3 is 2.36 bits per heavy atom. The van der Waals surface area contributed by atoms with Crippen LogP contribution in [-0.4, -0.2) is 41.5 Å². The molecule has 2 N–H and O–H groups in total. The third-order valence-electron chi connectivity index (χ3n) is 4.49. The van der Waals surface area contributed by atoms with Crippen molar-refractivity contribution in [2.45, 2.75) is 19.3 Å². The van der Waals surface area contributed by atoms with Crippen molar-refractivity contribution in [3.05, 3.63) is 65.2 Å². The summed E-state index contributed by atoms with van der Waals surface area (Å²) >= 11 is 0. The van der Waals surface area contributed by atoms with Crippen LogP contribution in [-0.2, 0) is 6.42 Å². The van der Waals surface area contributed by atoms with E-state index in [0.29, 0.717) is 5.56 Å². The second kappa shape index (κ2) is 7.94. The number of hydrogen-bond acceptors (Lipinski definition) is 3. The first-order valence-electron chi connectivity index (χ1n) is 8.58. The number of nitrogens with one attached hydrogen (secondary N) is 1. The molecule has 0 atom stereocenters. The minimum atomic E-state index is -1.00. The summed E-state index contributed by atoms with van der Waals surface area (Å²) in [6.07, 6.45) is 3.55. The number of carbonyl (C=O) groups excluding carboxylic acids is 1. The molecule has 0 radical (unpaired) electrons. The molecule has 2 aromatic carbocycles. The van der Waals surface area contributed by atoms with Crippen LogP contribution >= 0.6 is 0 Å². The number of likely N-dealkylation sites (tertiary alicyclic amines) is 1. The number of rotatable bonds is 6. The Balaban J connectivity index is 1.60. The van der Waals surface area contributed by atoms with Crippen molar-refractivity contribution in [2.75, 3.05) is 25.0 Å². The van der Waals surface area contributed by atoms with Crippen molar-refractivity contribution in [1.82, 2.24) is 4.90 Å². The van der Waals surface area contributed by atoms with Gasteiger partial charge in [-0.3, -0.25) is 4.79 Å². The van der Waals surface area contributed by atoms with E-state index in [1.165, 1.54) is 55.8 Å². The smallest absolute Gasteiger partial charge is 0.335 e. The topological polar surface area (TPSA) is 69.6 Å². The van der Waals surface area contributed by atoms with Crippen LogP contribution in [0, 0.1) is 0 Å².